The molecule has 6 nitrogen and oxygen atoms in total. The van der Waals surface area contributed by atoms with E-state index in [9.17, 15) is 19.2 Å². The second-order valence-corrected chi connectivity index (χ2v) is 5.70. The fourth-order valence-electron chi connectivity index (χ4n) is 3.17. The van der Waals surface area contributed by atoms with E-state index in [-0.39, 0.29) is 21.5 Å². The molecule has 0 amide bonds. The van der Waals surface area contributed by atoms with Crippen LogP contribution in [-0.2, 0) is 0 Å². The second-order valence-electron chi connectivity index (χ2n) is 5.70. The lowest BCUT2D eigenvalue weighted by molar-refractivity contribution is 0.499. The summed E-state index contributed by atoms with van der Waals surface area (Å²) in [7, 11) is 0. The van der Waals surface area contributed by atoms with Crippen molar-refractivity contribution >= 4 is 43.1 Å². The standard InChI is InChI=1S/C18H6O6/c19-15-11-3-7-1-8-4-12-14(18(22)24-16(12)20)6-10(8)2-9(7)5-13(11)17(21)23-15/h1-6H. The van der Waals surface area contributed by atoms with E-state index in [1.807, 2.05) is 0 Å². The highest BCUT2D eigenvalue weighted by molar-refractivity contribution is 6.07. The van der Waals surface area contributed by atoms with Crippen LogP contribution in [0.4, 0.5) is 0 Å². The van der Waals surface area contributed by atoms with Gasteiger partial charge < -0.3 is 8.83 Å². The van der Waals surface area contributed by atoms with Gasteiger partial charge in [0.15, 0.2) is 0 Å². The van der Waals surface area contributed by atoms with Crippen LogP contribution in [0.15, 0.2) is 64.4 Å². The summed E-state index contributed by atoms with van der Waals surface area (Å²) in [5.74, 6) is 0. The van der Waals surface area contributed by atoms with Crippen molar-refractivity contribution in [2.75, 3.05) is 0 Å². The van der Waals surface area contributed by atoms with Crippen LogP contribution in [0.5, 0.6) is 0 Å². The van der Waals surface area contributed by atoms with Gasteiger partial charge in [-0.15, -0.1) is 0 Å². The Morgan fingerprint density at radius 1 is 0.417 bits per heavy atom. The van der Waals surface area contributed by atoms with Crippen molar-refractivity contribution in [2.45, 2.75) is 0 Å². The zero-order chi connectivity index (χ0) is 16.6. The molecule has 0 aliphatic rings. The molecule has 0 N–H and O–H groups in total. The van der Waals surface area contributed by atoms with E-state index in [4.69, 9.17) is 0 Å². The fourth-order valence-corrected chi connectivity index (χ4v) is 3.17. The van der Waals surface area contributed by atoms with Gasteiger partial charge in [-0.3, -0.25) is 0 Å². The van der Waals surface area contributed by atoms with Gasteiger partial charge in [0.2, 0.25) is 0 Å². The van der Waals surface area contributed by atoms with Crippen molar-refractivity contribution in [3.8, 4) is 0 Å². The Morgan fingerprint density at radius 3 is 0.917 bits per heavy atom. The molecule has 114 valence electrons. The predicted octanol–water partition coefficient (Wildman–Crippen LogP) is 1.80. The summed E-state index contributed by atoms with van der Waals surface area (Å²) in [6.07, 6.45) is 0. The highest BCUT2D eigenvalue weighted by Gasteiger charge is 2.13. The molecule has 5 aromatic rings. The van der Waals surface area contributed by atoms with Gasteiger partial charge >= 0.3 is 22.5 Å². The van der Waals surface area contributed by atoms with Gasteiger partial charge in [0.1, 0.15) is 0 Å². The van der Waals surface area contributed by atoms with Gasteiger partial charge in [0.25, 0.3) is 0 Å². The van der Waals surface area contributed by atoms with Crippen molar-refractivity contribution in [1.29, 1.82) is 0 Å². The van der Waals surface area contributed by atoms with Crippen molar-refractivity contribution in [3.63, 3.8) is 0 Å². The molecular weight excluding hydrogens is 312 g/mol. The van der Waals surface area contributed by atoms with Crippen LogP contribution in [-0.4, -0.2) is 0 Å². The van der Waals surface area contributed by atoms with E-state index < -0.39 is 22.5 Å². The summed E-state index contributed by atoms with van der Waals surface area (Å²) in [6, 6.07) is 9.94. The van der Waals surface area contributed by atoms with Crippen LogP contribution in [0.2, 0.25) is 0 Å². The molecule has 3 aromatic carbocycles. The summed E-state index contributed by atoms with van der Waals surface area (Å²) in [6.45, 7) is 0. The van der Waals surface area contributed by atoms with E-state index in [1.165, 1.54) is 0 Å². The Morgan fingerprint density at radius 2 is 0.667 bits per heavy atom. The lowest BCUT2D eigenvalue weighted by Crippen LogP contribution is -1.94. The van der Waals surface area contributed by atoms with E-state index in [1.54, 1.807) is 36.4 Å². The summed E-state index contributed by atoms with van der Waals surface area (Å²) in [5, 5.41) is 3.81. The highest BCUT2D eigenvalue weighted by atomic mass is 16.4. The monoisotopic (exact) mass is 318 g/mol. The number of rotatable bonds is 0. The maximum absolute atomic E-state index is 11.7. The zero-order valence-electron chi connectivity index (χ0n) is 11.9. The van der Waals surface area contributed by atoms with E-state index in [0.717, 1.165) is 21.5 Å². The average Bonchev–Trinajstić information content (AvgIpc) is 2.98. The molecule has 0 aliphatic carbocycles. The smallest absolute Gasteiger partial charge is 0.346 e. The first-order chi connectivity index (χ1) is 11.5. The number of hydrogen-bond acceptors (Lipinski definition) is 6. The molecule has 2 heterocycles. The Hall–Kier alpha value is -3.54. The lowest BCUT2D eigenvalue weighted by Gasteiger charge is -2.02. The molecule has 2 aromatic heterocycles. The van der Waals surface area contributed by atoms with Crippen molar-refractivity contribution in [1.82, 2.24) is 0 Å². The fraction of sp³-hybridized carbons (Fsp3) is 0. The van der Waals surface area contributed by atoms with Crippen LogP contribution < -0.4 is 22.5 Å². The SMILES string of the molecule is O=c1oc(=O)c2cc3cc4cc5c(=O)oc(=O)c5cc4cc3cc12. The molecule has 24 heavy (non-hydrogen) atoms. The minimum absolute atomic E-state index is 0.225. The molecule has 0 spiro atoms. The van der Waals surface area contributed by atoms with Crippen LogP contribution in [0, 0.1) is 0 Å². The minimum Gasteiger partial charge on any atom is -0.386 e. The quantitative estimate of drug-likeness (QED) is 0.404. The second kappa shape index (κ2) is 4.05. The molecule has 0 atom stereocenters. The molecule has 0 bridgehead atoms. The third kappa shape index (κ3) is 1.54. The molecule has 0 aliphatic heterocycles. The average molecular weight is 318 g/mol. The Labute approximate surface area is 130 Å². The molecule has 0 radical (unpaired) electrons. The summed E-state index contributed by atoms with van der Waals surface area (Å²) >= 11 is 0. The highest BCUT2D eigenvalue weighted by Crippen LogP contribution is 2.27. The van der Waals surface area contributed by atoms with Crippen LogP contribution >= 0.6 is 0 Å². The van der Waals surface area contributed by atoms with E-state index in [2.05, 4.69) is 8.83 Å². The number of furan rings is 2. The van der Waals surface area contributed by atoms with Gasteiger partial charge in [-0.25, -0.2) is 19.2 Å². The summed E-state index contributed by atoms with van der Waals surface area (Å²) in [5.41, 5.74) is -2.67. The zero-order valence-corrected chi connectivity index (χ0v) is 11.9. The number of fused-ring (bicyclic) bond motifs is 4. The normalized spacial score (nSPS) is 12.0. The van der Waals surface area contributed by atoms with Crippen LogP contribution in [0.1, 0.15) is 0 Å². The van der Waals surface area contributed by atoms with Crippen molar-refractivity contribution < 1.29 is 8.83 Å². The Kier molecular flexibility index (Phi) is 2.19. The minimum atomic E-state index is -0.667. The molecule has 0 saturated heterocycles. The third-order valence-electron chi connectivity index (χ3n) is 4.32. The molecule has 0 unspecified atom stereocenters. The van der Waals surface area contributed by atoms with Crippen LogP contribution in [0.3, 0.4) is 0 Å². The van der Waals surface area contributed by atoms with Gasteiger partial charge in [0, 0.05) is 0 Å². The molecule has 5 rings (SSSR count). The lowest BCUT2D eigenvalue weighted by atomic mass is 10.00. The first kappa shape index (κ1) is 13.0. The van der Waals surface area contributed by atoms with Gasteiger partial charge in [0.05, 0.1) is 21.5 Å². The topological polar surface area (TPSA) is 94.6 Å². The van der Waals surface area contributed by atoms with Gasteiger partial charge in [-0.2, -0.15) is 0 Å². The summed E-state index contributed by atoms with van der Waals surface area (Å²) < 4.78 is 9.22. The Bertz CT molecular complexity index is 1300. The van der Waals surface area contributed by atoms with Gasteiger partial charge in [-0.05, 0) is 57.9 Å². The van der Waals surface area contributed by atoms with E-state index >= 15 is 0 Å². The van der Waals surface area contributed by atoms with E-state index in [0.29, 0.717) is 0 Å². The van der Waals surface area contributed by atoms with Gasteiger partial charge in [-0.1, -0.05) is 0 Å². The van der Waals surface area contributed by atoms with Crippen molar-refractivity contribution in [3.05, 3.63) is 78.1 Å². The first-order valence-electron chi connectivity index (χ1n) is 7.10. The predicted molar refractivity (Wildman–Crippen MR) is 88.5 cm³/mol. The first-order valence-corrected chi connectivity index (χ1v) is 7.10. The maximum Gasteiger partial charge on any atom is 0.346 e. The summed E-state index contributed by atoms with van der Waals surface area (Å²) in [4.78, 5) is 46.7. The largest absolute Gasteiger partial charge is 0.386 e. The molecule has 6 heteroatoms. The molecular formula is C18H6O6. The van der Waals surface area contributed by atoms with Crippen molar-refractivity contribution in [2.24, 2.45) is 0 Å². The third-order valence-corrected chi connectivity index (χ3v) is 4.32. The number of hydrogen-bond donors (Lipinski definition) is 0. The molecule has 0 fully saturated rings. The Balaban J connectivity index is 2.01. The number of benzene rings is 3. The maximum atomic E-state index is 11.7. The molecule has 0 saturated carbocycles. The van der Waals surface area contributed by atoms with Crippen LogP contribution in [0.25, 0.3) is 43.1 Å².